The minimum absolute atomic E-state index is 0.201. The van der Waals surface area contributed by atoms with E-state index in [2.05, 4.69) is 13.2 Å². The first-order valence-corrected chi connectivity index (χ1v) is 7.38. The van der Waals surface area contributed by atoms with Crippen molar-refractivity contribution in [2.45, 2.75) is 51.6 Å². The van der Waals surface area contributed by atoms with Crippen molar-refractivity contribution in [3.63, 3.8) is 0 Å². The zero-order chi connectivity index (χ0) is 12.6. The summed E-state index contributed by atoms with van der Waals surface area (Å²) in [5.41, 5.74) is 5.65. The van der Waals surface area contributed by atoms with Crippen molar-refractivity contribution >= 4 is 17.7 Å². The van der Waals surface area contributed by atoms with Crippen LogP contribution in [0.3, 0.4) is 0 Å². The Balaban J connectivity index is 3.79. The van der Waals surface area contributed by atoms with Crippen LogP contribution in [0.4, 0.5) is 0 Å². The molecule has 2 N–H and O–H groups in total. The van der Waals surface area contributed by atoms with E-state index in [0.717, 1.165) is 25.0 Å². The summed E-state index contributed by atoms with van der Waals surface area (Å²) in [5.74, 6) is 1.35. The molecule has 0 saturated heterocycles. The summed E-state index contributed by atoms with van der Waals surface area (Å²) in [6, 6.07) is 0.544. The topological polar surface area (TPSA) is 46.3 Å². The van der Waals surface area contributed by atoms with E-state index in [1.807, 2.05) is 30.6 Å². The molecule has 0 bridgehead atoms. The summed E-state index contributed by atoms with van der Waals surface area (Å²) in [4.78, 5) is 13.7. The van der Waals surface area contributed by atoms with Gasteiger partial charge in [0, 0.05) is 25.6 Å². The van der Waals surface area contributed by atoms with Crippen LogP contribution in [0.15, 0.2) is 0 Å². The molecule has 0 aromatic heterocycles. The van der Waals surface area contributed by atoms with E-state index in [1.165, 1.54) is 0 Å². The zero-order valence-electron chi connectivity index (χ0n) is 11.0. The highest BCUT2D eigenvalue weighted by Gasteiger charge is 2.14. The van der Waals surface area contributed by atoms with Gasteiger partial charge in [-0.25, -0.2) is 0 Å². The second-order valence-electron chi connectivity index (χ2n) is 4.50. The molecule has 0 aliphatic rings. The molecule has 2 unspecified atom stereocenters. The van der Waals surface area contributed by atoms with E-state index in [1.54, 1.807) is 0 Å². The third-order valence-electron chi connectivity index (χ3n) is 2.84. The number of thioether (sulfide) groups is 1. The Labute approximate surface area is 104 Å². The van der Waals surface area contributed by atoms with Gasteiger partial charge in [-0.2, -0.15) is 11.8 Å². The molecule has 0 aromatic rings. The molecule has 0 rings (SSSR count). The van der Waals surface area contributed by atoms with Crippen molar-refractivity contribution in [2.75, 3.05) is 19.1 Å². The summed E-state index contributed by atoms with van der Waals surface area (Å²) in [6.45, 7) is 4.09. The number of rotatable bonds is 8. The fourth-order valence-corrected chi connectivity index (χ4v) is 2.06. The molecule has 0 heterocycles. The van der Waals surface area contributed by atoms with Gasteiger partial charge < -0.3 is 10.6 Å². The Morgan fingerprint density at radius 1 is 1.38 bits per heavy atom. The van der Waals surface area contributed by atoms with Gasteiger partial charge in [-0.15, -0.1) is 0 Å². The van der Waals surface area contributed by atoms with Crippen LogP contribution in [-0.4, -0.2) is 41.9 Å². The first-order valence-electron chi connectivity index (χ1n) is 5.99. The Morgan fingerprint density at radius 2 is 2.00 bits per heavy atom. The fraction of sp³-hybridized carbons (Fsp3) is 0.917. The van der Waals surface area contributed by atoms with Crippen LogP contribution in [0.2, 0.25) is 0 Å². The van der Waals surface area contributed by atoms with Gasteiger partial charge >= 0.3 is 0 Å². The van der Waals surface area contributed by atoms with Crippen molar-refractivity contribution in [3.8, 4) is 0 Å². The first kappa shape index (κ1) is 15.8. The molecule has 0 aliphatic carbocycles. The maximum atomic E-state index is 11.8. The second kappa shape index (κ2) is 8.88. The van der Waals surface area contributed by atoms with Gasteiger partial charge in [0.2, 0.25) is 5.91 Å². The summed E-state index contributed by atoms with van der Waals surface area (Å²) in [6.07, 6.45) is 5.62. The maximum absolute atomic E-state index is 11.8. The summed E-state index contributed by atoms with van der Waals surface area (Å²) in [7, 11) is 1.90. The number of carbonyl (C=O) groups is 1. The summed E-state index contributed by atoms with van der Waals surface area (Å²) >= 11 is 1.83. The van der Waals surface area contributed by atoms with Gasteiger partial charge in [0.25, 0.3) is 0 Å². The highest BCUT2D eigenvalue weighted by molar-refractivity contribution is 7.98. The van der Waals surface area contributed by atoms with Gasteiger partial charge in [0.15, 0.2) is 0 Å². The van der Waals surface area contributed by atoms with Crippen LogP contribution in [0.5, 0.6) is 0 Å². The molecular formula is C12H26N2OS. The monoisotopic (exact) mass is 246 g/mol. The summed E-state index contributed by atoms with van der Waals surface area (Å²) in [5, 5.41) is 0. The molecule has 16 heavy (non-hydrogen) atoms. The van der Waals surface area contributed by atoms with Crippen molar-refractivity contribution < 1.29 is 4.79 Å². The molecule has 96 valence electrons. The third kappa shape index (κ3) is 7.12. The van der Waals surface area contributed by atoms with Crippen LogP contribution in [0.25, 0.3) is 0 Å². The minimum atomic E-state index is 0.201. The number of amides is 1. The SMILES string of the molecule is CSCCC(C)N(C)C(=O)CCCC(C)N. The molecule has 2 atom stereocenters. The van der Waals surface area contributed by atoms with E-state index in [9.17, 15) is 4.79 Å². The minimum Gasteiger partial charge on any atom is -0.343 e. The second-order valence-corrected chi connectivity index (χ2v) is 5.49. The molecule has 3 nitrogen and oxygen atoms in total. The largest absolute Gasteiger partial charge is 0.343 e. The van der Waals surface area contributed by atoms with Crippen LogP contribution < -0.4 is 5.73 Å². The third-order valence-corrected chi connectivity index (χ3v) is 3.49. The maximum Gasteiger partial charge on any atom is 0.222 e. The Hall–Kier alpha value is -0.220. The van der Waals surface area contributed by atoms with E-state index in [4.69, 9.17) is 5.73 Å². The van der Waals surface area contributed by atoms with Crippen LogP contribution >= 0.6 is 11.8 Å². The summed E-state index contributed by atoms with van der Waals surface area (Å²) < 4.78 is 0. The van der Waals surface area contributed by atoms with Gasteiger partial charge in [-0.3, -0.25) is 4.79 Å². The first-order chi connectivity index (χ1) is 7.49. The quantitative estimate of drug-likeness (QED) is 0.713. The van der Waals surface area contributed by atoms with Crippen molar-refractivity contribution in [1.29, 1.82) is 0 Å². The lowest BCUT2D eigenvalue weighted by Gasteiger charge is -2.25. The van der Waals surface area contributed by atoms with Crippen LogP contribution in [0.1, 0.15) is 39.5 Å². The molecular weight excluding hydrogens is 220 g/mol. The number of nitrogens with two attached hydrogens (primary N) is 1. The number of hydrogen-bond acceptors (Lipinski definition) is 3. The van der Waals surface area contributed by atoms with Gasteiger partial charge in [-0.1, -0.05) is 0 Å². The Kier molecular flexibility index (Phi) is 8.76. The predicted octanol–water partition coefficient (Wildman–Crippen LogP) is 2.10. The predicted molar refractivity (Wildman–Crippen MR) is 72.7 cm³/mol. The Bertz CT molecular complexity index is 197. The normalized spacial score (nSPS) is 14.6. The Morgan fingerprint density at radius 3 is 2.50 bits per heavy atom. The molecule has 0 spiro atoms. The van der Waals surface area contributed by atoms with Gasteiger partial charge in [0.1, 0.15) is 0 Å². The van der Waals surface area contributed by atoms with Crippen LogP contribution in [-0.2, 0) is 4.79 Å². The molecule has 0 fully saturated rings. The van der Waals surface area contributed by atoms with Crippen molar-refractivity contribution in [3.05, 3.63) is 0 Å². The molecule has 0 aliphatic heterocycles. The van der Waals surface area contributed by atoms with E-state index < -0.39 is 0 Å². The highest BCUT2D eigenvalue weighted by Crippen LogP contribution is 2.09. The molecule has 0 saturated carbocycles. The molecule has 4 heteroatoms. The highest BCUT2D eigenvalue weighted by atomic mass is 32.2. The van der Waals surface area contributed by atoms with Crippen molar-refractivity contribution in [2.24, 2.45) is 5.73 Å². The van der Waals surface area contributed by atoms with Gasteiger partial charge in [-0.05, 0) is 45.1 Å². The number of nitrogens with zero attached hydrogens (tertiary/aromatic N) is 1. The van der Waals surface area contributed by atoms with E-state index in [-0.39, 0.29) is 11.9 Å². The van der Waals surface area contributed by atoms with E-state index >= 15 is 0 Å². The van der Waals surface area contributed by atoms with E-state index in [0.29, 0.717) is 12.5 Å². The smallest absolute Gasteiger partial charge is 0.222 e. The lowest BCUT2D eigenvalue weighted by Crippen LogP contribution is -2.35. The lowest BCUT2D eigenvalue weighted by atomic mass is 10.1. The molecule has 0 aromatic carbocycles. The molecule has 0 radical (unpaired) electrons. The number of carbonyl (C=O) groups excluding carboxylic acids is 1. The van der Waals surface area contributed by atoms with Crippen LogP contribution in [0, 0.1) is 0 Å². The number of hydrogen-bond donors (Lipinski definition) is 1. The average molecular weight is 246 g/mol. The standard InChI is InChI=1S/C12H26N2OS/c1-10(13)6-5-7-12(15)14(3)11(2)8-9-16-4/h10-11H,5-9,13H2,1-4H3. The lowest BCUT2D eigenvalue weighted by molar-refractivity contribution is -0.131. The fourth-order valence-electron chi connectivity index (χ4n) is 1.48. The van der Waals surface area contributed by atoms with Crippen molar-refractivity contribution in [1.82, 2.24) is 4.90 Å². The van der Waals surface area contributed by atoms with Gasteiger partial charge in [0.05, 0.1) is 0 Å². The molecule has 1 amide bonds. The zero-order valence-corrected chi connectivity index (χ0v) is 11.8. The average Bonchev–Trinajstić information content (AvgIpc) is 2.24.